The summed E-state index contributed by atoms with van der Waals surface area (Å²) in [6, 6.07) is 6.75. The minimum Gasteiger partial charge on any atom is -0.497 e. The van der Waals surface area contributed by atoms with Crippen LogP contribution in [0, 0.1) is 12.3 Å². The van der Waals surface area contributed by atoms with Gasteiger partial charge in [-0.15, -0.1) is 6.42 Å². The van der Waals surface area contributed by atoms with Gasteiger partial charge in [0.25, 0.3) is 0 Å². The Bertz CT molecular complexity index is 569. The van der Waals surface area contributed by atoms with Crippen molar-refractivity contribution < 1.29 is 18.5 Å². The van der Waals surface area contributed by atoms with Crippen molar-refractivity contribution in [3.05, 3.63) is 24.3 Å². The lowest BCUT2D eigenvalue weighted by molar-refractivity contribution is -0.154. The van der Waals surface area contributed by atoms with Crippen LogP contribution in [0.3, 0.4) is 0 Å². The van der Waals surface area contributed by atoms with Gasteiger partial charge in [0, 0.05) is 0 Å². The summed E-state index contributed by atoms with van der Waals surface area (Å²) in [6.45, 7) is 5.27. The zero-order valence-corrected chi connectivity index (χ0v) is 14.1. The highest BCUT2D eigenvalue weighted by Gasteiger charge is 2.22. The van der Waals surface area contributed by atoms with Crippen molar-refractivity contribution in [1.82, 2.24) is 4.31 Å². The van der Waals surface area contributed by atoms with Crippen LogP contribution >= 0.6 is 0 Å². The smallest absolute Gasteiger partial charge is 0.321 e. The minimum absolute atomic E-state index is 0.0812. The Balaban J connectivity index is 2.83. The number of rotatable bonds is 6. The first-order valence-electron chi connectivity index (χ1n) is 6.73. The molecular weight excluding hydrogens is 302 g/mol. The number of hydrogen-bond acceptors (Lipinski definition) is 4. The predicted molar refractivity (Wildman–Crippen MR) is 85.7 cm³/mol. The van der Waals surface area contributed by atoms with Gasteiger partial charge in [-0.25, -0.2) is 4.21 Å². The van der Waals surface area contributed by atoms with Gasteiger partial charge in [0.2, 0.25) is 0 Å². The van der Waals surface area contributed by atoms with E-state index in [1.165, 1.54) is 4.31 Å². The fourth-order valence-electron chi connectivity index (χ4n) is 1.63. The fourth-order valence-corrected chi connectivity index (χ4v) is 2.72. The maximum absolute atomic E-state index is 12.5. The van der Waals surface area contributed by atoms with Gasteiger partial charge in [0.05, 0.1) is 18.6 Å². The Morgan fingerprint density at radius 1 is 1.32 bits per heavy atom. The van der Waals surface area contributed by atoms with E-state index in [1.54, 1.807) is 52.1 Å². The molecule has 22 heavy (non-hydrogen) atoms. The van der Waals surface area contributed by atoms with Crippen LogP contribution in [0.25, 0.3) is 0 Å². The van der Waals surface area contributed by atoms with E-state index in [0.717, 1.165) is 0 Å². The van der Waals surface area contributed by atoms with E-state index in [1.807, 2.05) is 0 Å². The number of carbonyl (C=O) groups is 1. The molecule has 0 heterocycles. The number of nitrogens with zero attached hydrogens (tertiary/aromatic N) is 1. The zero-order valence-electron chi connectivity index (χ0n) is 13.3. The van der Waals surface area contributed by atoms with Crippen LogP contribution in [0.2, 0.25) is 0 Å². The van der Waals surface area contributed by atoms with E-state index in [-0.39, 0.29) is 13.1 Å². The van der Waals surface area contributed by atoms with Gasteiger partial charge in [-0.05, 0) is 45.0 Å². The Morgan fingerprint density at radius 3 is 2.36 bits per heavy atom. The van der Waals surface area contributed by atoms with Crippen LogP contribution in [-0.2, 0) is 20.5 Å². The molecule has 0 saturated carbocycles. The van der Waals surface area contributed by atoms with E-state index in [4.69, 9.17) is 15.9 Å². The summed E-state index contributed by atoms with van der Waals surface area (Å²) in [5.41, 5.74) is -0.597. The van der Waals surface area contributed by atoms with E-state index < -0.39 is 22.6 Å². The average molecular weight is 323 g/mol. The van der Waals surface area contributed by atoms with Gasteiger partial charge < -0.3 is 9.47 Å². The second kappa shape index (κ2) is 7.97. The average Bonchev–Trinajstić information content (AvgIpc) is 2.44. The molecule has 120 valence electrons. The molecule has 1 unspecified atom stereocenters. The maximum atomic E-state index is 12.5. The predicted octanol–water partition coefficient (Wildman–Crippen LogP) is 1.99. The molecule has 0 aliphatic rings. The number of benzene rings is 1. The highest BCUT2D eigenvalue weighted by Crippen LogP contribution is 2.17. The summed E-state index contributed by atoms with van der Waals surface area (Å²) in [7, 11) is 0.00883. The molecule has 0 bridgehead atoms. The standard InChI is InChI=1S/C16H21NO4S/c1-6-11-17(12-15(18)21-16(2,3)4)22(19)14-9-7-13(20-5)8-10-14/h1,7-10H,11-12H2,2-5H3. The fraction of sp³-hybridized carbons (Fsp3) is 0.438. The first-order valence-corrected chi connectivity index (χ1v) is 7.83. The summed E-state index contributed by atoms with van der Waals surface area (Å²) >= 11 is 0. The lowest BCUT2D eigenvalue weighted by atomic mass is 10.2. The Kier molecular flexibility index (Phi) is 6.60. The van der Waals surface area contributed by atoms with E-state index in [2.05, 4.69) is 5.92 Å². The molecule has 1 atom stereocenters. The molecule has 0 fully saturated rings. The van der Waals surface area contributed by atoms with Crippen molar-refractivity contribution in [2.75, 3.05) is 20.2 Å². The number of ether oxygens (including phenoxy) is 2. The van der Waals surface area contributed by atoms with Crippen molar-refractivity contribution in [2.24, 2.45) is 0 Å². The number of carbonyl (C=O) groups excluding carboxylic acids is 1. The van der Waals surface area contributed by atoms with E-state index in [0.29, 0.717) is 10.6 Å². The zero-order chi connectivity index (χ0) is 16.8. The third kappa shape index (κ3) is 5.88. The molecule has 1 aromatic carbocycles. The van der Waals surface area contributed by atoms with Crippen molar-refractivity contribution in [3.63, 3.8) is 0 Å². The molecule has 0 aliphatic heterocycles. The third-order valence-corrected chi connectivity index (χ3v) is 3.89. The summed E-state index contributed by atoms with van der Waals surface area (Å²) < 4.78 is 24.2. The van der Waals surface area contributed by atoms with Gasteiger partial charge in [-0.3, -0.25) is 4.79 Å². The monoisotopic (exact) mass is 323 g/mol. The van der Waals surface area contributed by atoms with Crippen molar-refractivity contribution in [1.29, 1.82) is 0 Å². The summed E-state index contributed by atoms with van der Waals surface area (Å²) in [5, 5.41) is 0. The topological polar surface area (TPSA) is 55.8 Å². The van der Waals surface area contributed by atoms with Gasteiger partial charge >= 0.3 is 5.97 Å². The third-order valence-electron chi connectivity index (χ3n) is 2.49. The van der Waals surface area contributed by atoms with Crippen LogP contribution in [0.4, 0.5) is 0 Å². The summed E-state index contributed by atoms with van der Waals surface area (Å²) in [4.78, 5) is 12.4. The summed E-state index contributed by atoms with van der Waals surface area (Å²) in [5.74, 6) is 2.60. The van der Waals surface area contributed by atoms with Crippen molar-refractivity contribution in [2.45, 2.75) is 31.3 Å². The second-order valence-corrected chi connectivity index (χ2v) is 7.00. The molecule has 0 aliphatic carbocycles. The van der Waals surface area contributed by atoms with Gasteiger partial charge in [0.1, 0.15) is 28.9 Å². The number of terminal acetylenes is 1. The number of methoxy groups -OCH3 is 1. The highest BCUT2D eigenvalue weighted by atomic mass is 32.2. The molecule has 1 aromatic rings. The largest absolute Gasteiger partial charge is 0.497 e. The molecule has 0 radical (unpaired) electrons. The minimum atomic E-state index is -1.55. The SMILES string of the molecule is C#CCN(CC(=O)OC(C)(C)C)S(=O)c1ccc(OC)cc1. The van der Waals surface area contributed by atoms with E-state index in [9.17, 15) is 9.00 Å². The van der Waals surface area contributed by atoms with Crippen molar-refractivity contribution >= 4 is 17.0 Å². The van der Waals surface area contributed by atoms with Crippen LogP contribution in [0.5, 0.6) is 5.75 Å². The molecule has 0 saturated heterocycles. The second-order valence-electron chi connectivity index (χ2n) is 5.51. The van der Waals surface area contributed by atoms with Gasteiger partial charge in [-0.1, -0.05) is 5.92 Å². The van der Waals surface area contributed by atoms with Gasteiger partial charge in [0.15, 0.2) is 0 Å². The number of esters is 1. The molecule has 1 rings (SSSR count). The molecule has 0 aromatic heterocycles. The molecular formula is C16H21NO4S. The Hall–Kier alpha value is -1.84. The van der Waals surface area contributed by atoms with Crippen LogP contribution in [0.15, 0.2) is 29.2 Å². The molecule has 0 spiro atoms. The van der Waals surface area contributed by atoms with Crippen LogP contribution < -0.4 is 4.74 Å². The Morgan fingerprint density at radius 2 is 1.91 bits per heavy atom. The normalized spacial score (nSPS) is 12.5. The molecule has 0 N–H and O–H groups in total. The van der Waals surface area contributed by atoms with E-state index >= 15 is 0 Å². The number of hydrogen-bond donors (Lipinski definition) is 0. The lowest BCUT2D eigenvalue weighted by Gasteiger charge is -2.23. The first kappa shape index (κ1) is 18.2. The molecule has 6 heteroatoms. The van der Waals surface area contributed by atoms with Crippen molar-refractivity contribution in [3.8, 4) is 18.1 Å². The van der Waals surface area contributed by atoms with Crippen LogP contribution in [0.1, 0.15) is 20.8 Å². The maximum Gasteiger partial charge on any atom is 0.321 e. The quantitative estimate of drug-likeness (QED) is 0.593. The Labute approximate surface area is 134 Å². The lowest BCUT2D eigenvalue weighted by Crippen LogP contribution is -2.36. The highest BCUT2D eigenvalue weighted by molar-refractivity contribution is 7.82. The molecule has 0 amide bonds. The summed E-state index contributed by atoms with van der Waals surface area (Å²) in [6.07, 6.45) is 5.30. The van der Waals surface area contributed by atoms with Crippen LogP contribution in [-0.4, -0.2) is 40.3 Å². The molecule has 5 nitrogen and oxygen atoms in total. The van der Waals surface area contributed by atoms with Gasteiger partial charge in [-0.2, -0.15) is 4.31 Å². The first-order chi connectivity index (χ1) is 10.3.